The fourth-order valence-electron chi connectivity index (χ4n) is 2.88. The fourth-order valence-corrected chi connectivity index (χ4v) is 3.80. The average Bonchev–Trinajstić information content (AvgIpc) is 2.87. The van der Waals surface area contributed by atoms with Gasteiger partial charge in [0.05, 0.1) is 35.6 Å². The molecule has 0 saturated carbocycles. The fraction of sp³-hybridized carbons (Fsp3) is 0.0833. The molecule has 0 fully saturated rings. The maximum Gasteiger partial charge on any atom is 0.271 e. The number of carbonyl (C=O) groups is 2. The van der Waals surface area contributed by atoms with E-state index < -0.39 is 11.8 Å². The van der Waals surface area contributed by atoms with E-state index in [1.165, 1.54) is 50.9 Å². The lowest BCUT2D eigenvalue weighted by molar-refractivity contribution is 0.0943. The Labute approximate surface area is 222 Å². The second-order valence-electron chi connectivity index (χ2n) is 7.08. The van der Waals surface area contributed by atoms with Crippen LogP contribution in [0.3, 0.4) is 0 Å². The molecule has 0 unspecified atom stereocenters. The van der Waals surface area contributed by atoms with E-state index in [-0.39, 0.29) is 34.1 Å². The molecule has 3 aromatic rings. The van der Waals surface area contributed by atoms with Gasteiger partial charge in [-0.1, -0.05) is 0 Å². The van der Waals surface area contributed by atoms with Crippen molar-refractivity contribution in [3.8, 4) is 23.0 Å². The van der Waals surface area contributed by atoms with Crippen molar-refractivity contribution in [2.45, 2.75) is 0 Å². The van der Waals surface area contributed by atoms with E-state index in [9.17, 15) is 19.8 Å². The number of phenolic OH excluding ortho intramolecular Hbond substituents is 2. The van der Waals surface area contributed by atoms with Gasteiger partial charge in [-0.25, -0.2) is 10.9 Å². The van der Waals surface area contributed by atoms with Crippen LogP contribution in [0.2, 0.25) is 0 Å². The summed E-state index contributed by atoms with van der Waals surface area (Å²) in [6, 6.07) is 12.3. The summed E-state index contributed by atoms with van der Waals surface area (Å²) in [5.74, 6) is -0.526. The van der Waals surface area contributed by atoms with Crippen molar-refractivity contribution in [2.24, 2.45) is 10.2 Å². The van der Waals surface area contributed by atoms with Crippen molar-refractivity contribution in [1.29, 1.82) is 0 Å². The van der Waals surface area contributed by atoms with Gasteiger partial charge in [-0.3, -0.25) is 9.59 Å². The second-order valence-corrected chi connectivity index (χ2v) is 8.79. The van der Waals surface area contributed by atoms with E-state index in [1.54, 1.807) is 24.3 Å². The molecule has 12 heteroatoms. The van der Waals surface area contributed by atoms with Gasteiger partial charge >= 0.3 is 0 Å². The molecule has 0 aliphatic carbocycles. The minimum absolute atomic E-state index is 0.0397. The summed E-state index contributed by atoms with van der Waals surface area (Å²) in [4.78, 5) is 24.7. The summed E-state index contributed by atoms with van der Waals surface area (Å²) in [5.41, 5.74) is 6.54. The van der Waals surface area contributed by atoms with Crippen LogP contribution in [0.4, 0.5) is 0 Å². The molecule has 10 nitrogen and oxygen atoms in total. The molecule has 0 spiro atoms. The molecule has 0 radical (unpaired) electrons. The predicted octanol–water partition coefficient (Wildman–Crippen LogP) is 4.17. The van der Waals surface area contributed by atoms with Gasteiger partial charge in [0.2, 0.25) is 0 Å². The lowest BCUT2D eigenvalue weighted by Gasteiger charge is -2.06. The molecule has 0 bridgehead atoms. The van der Waals surface area contributed by atoms with Crippen molar-refractivity contribution >= 4 is 56.1 Å². The van der Waals surface area contributed by atoms with Crippen LogP contribution in [0.25, 0.3) is 0 Å². The summed E-state index contributed by atoms with van der Waals surface area (Å²) in [7, 11) is 2.85. The number of hydrogen-bond acceptors (Lipinski definition) is 8. The second kappa shape index (κ2) is 12.2. The quantitative estimate of drug-likeness (QED) is 0.220. The van der Waals surface area contributed by atoms with E-state index in [0.717, 1.165) is 0 Å². The lowest BCUT2D eigenvalue weighted by Crippen LogP contribution is -2.19. The zero-order valence-corrected chi connectivity index (χ0v) is 22.1. The Hall–Kier alpha value is -3.90. The largest absolute Gasteiger partial charge is 0.503 e. The predicted molar refractivity (Wildman–Crippen MR) is 141 cm³/mol. The summed E-state index contributed by atoms with van der Waals surface area (Å²) in [6.07, 6.45) is 2.79. The number of hydrazone groups is 2. The number of nitrogens with zero attached hydrogens (tertiary/aromatic N) is 2. The SMILES string of the molecule is COc1cc(/C=N/NC(=O)c2ccc(C(=O)N/N=C/c3cc(Br)c(O)c(OC)c3)cc2)cc(Br)c1O. The molecule has 3 rings (SSSR count). The summed E-state index contributed by atoms with van der Waals surface area (Å²) >= 11 is 6.43. The molecule has 0 aromatic heterocycles. The molecule has 0 aliphatic rings. The van der Waals surface area contributed by atoms with Gasteiger partial charge in [0.25, 0.3) is 11.8 Å². The first-order chi connectivity index (χ1) is 17.2. The highest BCUT2D eigenvalue weighted by Crippen LogP contribution is 2.35. The smallest absolute Gasteiger partial charge is 0.271 e. The maximum atomic E-state index is 12.3. The van der Waals surface area contributed by atoms with Crippen LogP contribution in [0.5, 0.6) is 23.0 Å². The van der Waals surface area contributed by atoms with Gasteiger partial charge in [0, 0.05) is 11.1 Å². The number of methoxy groups -OCH3 is 2. The number of aromatic hydroxyl groups is 2. The summed E-state index contributed by atoms with van der Waals surface area (Å²) in [5, 5.41) is 27.5. The Morgan fingerprint density at radius 3 is 1.44 bits per heavy atom. The first kappa shape index (κ1) is 26.7. The Morgan fingerprint density at radius 2 is 1.11 bits per heavy atom. The molecule has 2 amide bonds. The molecular weight excluding hydrogens is 600 g/mol. The van der Waals surface area contributed by atoms with E-state index in [2.05, 4.69) is 52.9 Å². The number of halogens is 2. The van der Waals surface area contributed by atoms with Gasteiger partial charge in [-0.15, -0.1) is 0 Å². The van der Waals surface area contributed by atoms with Crippen molar-refractivity contribution < 1.29 is 29.3 Å². The monoisotopic (exact) mass is 618 g/mol. The molecule has 0 aliphatic heterocycles. The maximum absolute atomic E-state index is 12.3. The van der Waals surface area contributed by atoms with Crippen LogP contribution in [-0.4, -0.2) is 48.7 Å². The first-order valence-corrected chi connectivity index (χ1v) is 11.7. The molecule has 0 heterocycles. The molecule has 36 heavy (non-hydrogen) atoms. The van der Waals surface area contributed by atoms with E-state index in [0.29, 0.717) is 20.1 Å². The van der Waals surface area contributed by atoms with Gasteiger partial charge in [0.1, 0.15) is 0 Å². The lowest BCUT2D eigenvalue weighted by atomic mass is 10.1. The van der Waals surface area contributed by atoms with Crippen LogP contribution in [0, 0.1) is 0 Å². The Bertz CT molecular complexity index is 1240. The van der Waals surface area contributed by atoms with Crippen molar-refractivity contribution in [3.05, 3.63) is 79.7 Å². The highest BCUT2D eigenvalue weighted by molar-refractivity contribution is 9.11. The average molecular weight is 620 g/mol. The van der Waals surface area contributed by atoms with Crippen LogP contribution < -0.4 is 20.3 Å². The Balaban J connectivity index is 1.58. The number of benzene rings is 3. The molecular formula is C24H20Br2N4O6. The molecule has 4 N–H and O–H groups in total. The molecule has 0 atom stereocenters. The minimum atomic E-state index is -0.479. The van der Waals surface area contributed by atoms with Gasteiger partial charge in [-0.05, 0) is 91.5 Å². The first-order valence-electron chi connectivity index (χ1n) is 10.1. The minimum Gasteiger partial charge on any atom is -0.503 e. The Morgan fingerprint density at radius 1 is 0.750 bits per heavy atom. The highest BCUT2D eigenvalue weighted by Gasteiger charge is 2.10. The van der Waals surface area contributed by atoms with Gasteiger partial charge < -0.3 is 19.7 Å². The number of nitrogens with one attached hydrogen (secondary N) is 2. The highest BCUT2D eigenvalue weighted by atomic mass is 79.9. The van der Waals surface area contributed by atoms with Crippen molar-refractivity contribution in [3.63, 3.8) is 0 Å². The normalized spacial score (nSPS) is 11.0. The molecule has 3 aromatic carbocycles. The number of rotatable bonds is 8. The van der Waals surface area contributed by atoms with Crippen LogP contribution >= 0.6 is 31.9 Å². The van der Waals surface area contributed by atoms with Crippen LogP contribution in [0.1, 0.15) is 31.8 Å². The summed E-state index contributed by atoms with van der Waals surface area (Å²) in [6.45, 7) is 0. The number of phenols is 2. The number of ether oxygens (including phenoxy) is 2. The third-order valence-electron chi connectivity index (χ3n) is 4.71. The number of amides is 2. The van der Waals surface area contributed by atoms with Gasteiger partial charge in [0.15, 0.2) is 23.0 Å². The third-order valence-corrected chi connectivity index (χ3v) is 5.92. The van der Waals surface area contributed by atoms with Crippen LogP contribution in [0.15, 0.2) is 67.7 Å². The number of hydrogen-bond donors (Lipinski definition) is 4. The Kier molecular flexibility index (Phi) is 9.03. The van der Waals surface area contributed by atoms with E-state index in [1.807, 2.05) is 0 Å². The number of carbonyl (C=O) groups excluding carboxylic acids is 2. The van der Waals surface area contributed by atoms with Crippen LogP contribution in [-0.2, 0) is 0 Å². The molecule has 186 valence electrons. The van der Waals surface area contributed by atoms with Crippen molar-refractivity contribution in [2.75, 3.05) is 14.2 Å². The van der Waals surface area contributed by atoms with Gasteiger partial charge in [-0.2, -0.15) is 10.2 Å². The zero-order valence-electron chi connectivity index (χ0n) is 19.0. The van der Waals surface area contributed by atoms with E-state index in [4.69, 9.17) is 9.47 Å². The standard InChI is InChI=1S/C24H20Br2N4O6/c1-35-19-9-13(7-17(25)21(19)31)11-27-29-23(33)15-3-5-16(6-4-15)24(34)30-28-12-14-8-18(26)22(32)20(10-14)36-2/h3-12,31-32H,1-2H3,(H,29,33)(H,30,34)/b27-11+,28-12+. The van der Waals surface area contributed by atoms with E-state index >= 15 is 0 Å². The molecule has 0 saturated heterocycles. The summed E-state index contributed by atoms with van der Waals surface area (Å²) < 4.78 is 11.0. The zero-order chi connectivity index (χ0) is 26.2. The third kappa shape index (κ3) is 6.61. The topological polar surface area (TPSA) is 142 Å². The van der Waals surface area contributed by atoms with Crippen molar-refractivity contribution in [1.82, 2.24) is 10.9 Å².